The third kappa shape index (κ3) is 2.33. The predicted octanol–water partition coefficient (Wildman–Crippen LogP) is 1.62. The van der Waals surface area contributed by atoms with Crippen LogP contribution in [-0.2, 0) is 9.57 Å². The van der Waals surface area contributed by atoms with Gasteiger partial charge in [0.1, 0.15) is 0 Å². The van der Waals surface area contributed by atoms with Crippen molar-refractivity contribution in [3.63, 3.8) is 0 Å². The highest BCUT2D eigenvalue weighted by atomic mass is 16.7. The fraction of sp³-hybridized carbons (Fsp3) is 0.462. The molecule has 0 N–H and O–H groups in total. The molecule has 4 nitrogen and oxygen atoms in total. The molecular formula is C13H15NO3. The number of hydrogen-bond acceptors (Lipinski definition) is 4. The number of nitrogens with zero attached hydrogens (tertiary/aromatic N) is 1. The van der Waals surface area contributed by atoms with Gasteiger partial charge in [0.15, 0.2) is 0 Å². The Morgan fingerprint density at radius 3 is 2.47 bits per heavy atom. The van der Waals surface area contributed by atoms with Gasteiger partial charge >= 0.3 is 5.97 Å². The monoisotopic (exact) mass is 233 g/mol. The largest absolute Gasteiger partial charge is 0.369 e. The Kier molecular flexibility index (Phi) is 2.61. The predicted molar refractivity (Wildman–Crippen MR) is 61.3 cm³/mol. The van der Waals surface area contributed by atoms with Gasteiger partial charge in [-0.25, -0.2) is 4.79 Å². The summed E-state index contributed by atoms with van der Waals surface area (Å²) >= 11 is 0. The minimum absolute atomic E-state index is 0.121. The molecule has 0 radical (unpaired) electrons. The van der Waals surface area contributed by atoms with Crippen LogP contribution >= 0.6 is 0 Å². The molecule has 2 fully saturated rings. The van der Waals surface area contributed by atoms with E-state index in [-0.39, 0.29) is 11.6 Å². The minimum Gasteiger partial charge on any atom is -0.369 e. The van der Waals surface area contributed by atoms with E-state index < -0.39 is 0 Å². The van der Waals surface area contributed by atoms with Crippen LogP contribution in [0, 0.1) is 0 Å². The number of rotatable bonds is 2. The topological polar surface area (TPSA) is 42.1 Å². The molecule has 1 aromatic carbocycles. The molecule has 2 saturated heterocycles. The van der Waals surface area contributed by atoms with Crippen LogP contribution in [0.4, 0.5) is 0 Å². The molecule has 3 rings (SSSR count). The maximum atomic E-state index is 11.8. The zero-order valence-electron chi connectivity index (χ0n) is 9.59. The van der Waals surface area contributed by atoms with E-state index in [2.05, 4.69) is 0 Å². The lowest BCUT2D eigenvalue weighted by Gasteiger charge is -2.28. The molecule has 0 aliphatic carbocycles. The minimum atomic E-state index is -0.279. The molecule has 1 aromatic rings. The molecule has 17 heavy (non-hydrogen) atoms. The number of hydroxylamine groups is 2. The lowest BCUT2D eigenvalue weighted by molar-refractivity contribution is -0.128. The first-order valence-corrected chi connectivity index (χ1v) is 5.94. The highest BCUT2D eigenvalue weighted by molar-refractivity contribution is 5.89. The van der Waals surface area contributed by atoms with Crippen molar-refractivity contribution in [3.05, 3.63) is 35.9 Å². The van der Waals surface area contributed by atoms with Crippen molar-refractivity contribution >= 4 is 5.97 Å². The van der Waals surface area contributed by atoms with Gasteiger partial charge < -0.3 is 9.57 Å². The van der Waals surface area contributed by atoms with Crippen molar-refractivity contribution in [2.45, 2.75) is 18.4 Å². The first kappa shape index (κ1) is 10.7. The molecule has 2 heterocycles. The molecule has 0 amide bonds. The van der Waals surface area contributed by atoms with Gasteiger partial charge in [0, 0.05) is 13.1 Å². The lowest BCUT2D eigenvalue weighted by Crippen LogP contribution is -2.39. The third-order valence-electron chi connectivity index (χ3n) is 3.41. The van der Waals surface area contributed by atoms with Crippen molar-refractivity contribution < 1.29 is 14.4 Å². The van der Waals surface area contributed by atoms with E-state index in [1.54, 1.807) is 17.2 Å². The molecular weight excluding hydrogens is 218 g/mol. The summed E-state index contributed by atoms with van der Waals surface area (Å²) in [6, 6.07) is 9.07. The second kappa shape index (κ2) is 4.13. The fourth-order valence-electron chi connectivity index (χ4n) is 2.12. The number of carbonyl (C=O) groups excluding carboxylic acids is 1. The summed E-state index contributed by atoms with van der Waals surface area (Å²) in [5.74, 6) is -0.279. The fourth-order valence-corrected chi connectivity index (χ4v) is 2.12. The quantitative estimate of drug-likeness (QED) is 0.728. The molecule has 0 aromatic heterocycles. The zero-order valence-corrected chi connectivity index (χ0v) is 9.59. The molecule has 0 atom stereocenters. The van der Waals surface area contributed by atoms with Crippen molar-refractivity contribution in [1.29, 1.82) is 0 Å². The van der Waals surface area contributed by atoms with Crippen LogP contribution in [0.2, 0.25) is 0 Å². The third-order valence-corrected chi connectivity index (χ3v) is 3.41. The van der Waals surface area contributed by atoms with Crippen LogP contribution < -0.4 is 0 Å². The summed E-state index contributed by atoms with van der Waals surface area (Å²) in [6.45, 7) is 2.39. The number of ether oxygens (including phenoxy) is 1. The van der Waals surface area contributed by atoms with Gasteiger partial charge in [-0.05, 0) is 25.0 Å². The summed E-state index contributed by atoms with van der Waals surface area (Å²) in [7, 11) is 0. The smallest absolute Gasteiger partial charge is 0.357 e. The maximum absolute atomic E-state index is 11.8. The molecule has 2 aliphatic rings. The van der Waals surface area contributed by atoms with E-state index >= 15 is 0 Å². The SMILES string of the molecule is O=C(ON1CCC2(CC1)CO2)c1ccccc1. The van der Waals surface area contributed by atoms with Gasteiger partial charge in [-0.2, -0.15) is 0 Å². The number of hydrogen-bond donors (Lipinski definition) is 0. The number of benzene rings is 1. The van der Waals surface area contributed by atoms with E-state index in [1.807, 2.05) is 18.2 Å². The van der Waals surface area contributed by atoms with Gasteiger partial charge in [0.25, 0.3) is 0 Å². The number of carbonyl (C=O) groups is 1. The van der Waals surface area contributed by atoms with E-state index in [4.69, 9.17) is 9.57 Å². The van der Waals surface area contributed by atoms with E-state index in [9.17, 15) is 4.79 Å². The van der Waals surface area contributed by atoms with Gasteiger partial charge in [0.05, 0.1) is 17.8 Å². The van der Waals surface area contributed by atoms with Gasteiger partial charge in [-0.15, -0.1) is 5.06 Å². The van der Waals surface area contributed by atoms with Crippen molar-refractivity contribution in [1.82, 2.24) is 5.06 Å². The second-order valence-corrected chi connectivity index (χ2v) is 4.65. The standard InChI is InChI=1S/C13H15NO3/c15-12(11-4-2-1-3-5-11)17-14-8-6-13(7-9-14)10-16-13/h1-5H,6-10H2. The molecule has 0 unspecified atom stereocenters. The molecule has 90 valence electrons. The lowest BCUT2D eigenvalue weighted by atomic mass is 9.99. The Bertz CT molecular complexity index is 404. The van der Waals surface area contributed by atoms with Gasteiger partial charge in [-0.3, -0.25) is 0 Å². The van der Waals surface area contributed by atoms with Gasteiger partial charge in [-0.1, -0.05) is 18.2 Å². The number of epoxide rings is 1. The first-order valence-electron chi connectivity index (χ1n) is 5.94. The molecule has 1 spiro atoms. The Hall–Kier alpha value is -1.39. The Labute approximate surface area is 100 Å². The summed E-state index contributed by atoms with van der Waals surface area (Å²) < 4.78 is 5.41. The average Bonchev–Trinajstić information content (AvgIpc) is 3.13. The van der Waals surface area contributed by atoms with Crippen molar-refractivity contribution in [2.24, 2.45) is 0 Å². The molecule has 4 heteroatoms. The van der Waals surface area contributed by atoms with Crippen LogP contribution in [0.1, 0.15) is 23.2 Å². The average molecular weight is 233 g/mol. The summed E-state index contributed by atoms with van der Waals surface area (Å²) in [5, 5.41) is 1.74. The molecule has 0 saturated carbocycles. The van der Waals surface area contributed by atoms with Crippen LogP contribution in [0.25, 0.3) is 0 Å². The normalized spacial score (nSPS) is 22.4. The van der Waals surface area contributed by atoms with Crippen LogP contribution in [0.15, 0.2) is 30.3 Å². The summed E-state index contributed by atoms with van der Waals surface area (Å²) in [4.78, 5) is 17.1. The second-order valence-electron chi connectivity index (χ2n) is 4.65. The maximum Gasteiger partial charge on any atom is 0.357 e. The van der Waals surface area contributed by atoms with Crippen LogP contribution in [-0.4, -0.2) is 36.3 Å². The molecule has 2 aliphatic heterocycles. The van der Waals surface area contributed by atoms with E-state index in [0.717, 1.165) is 32.5 Å². The zero-order chi connectivity index (χ0) is 11.7. The number of piperidine rings is 1. The van der Waals surface area contributed by atoms with Crippen LogP contribution in [0.3, 0.4) is 0 Å². The first-order chi connectivity index (χ1) is 8.27. The Morgan fingerprint density at radius 1 is 1.24 bits per heavy atom. The van der Waals surface area contributed by atoms with E-state index in [0.29, 0.717) is 5.56 Å². The summed E-state index contributed by atoms with van der Waals surface area (Å²) in [5.41, 5.74) is 0.714. The Morgan fingerprint density at radius 2 is 1.88 bits per heavy atom. The summed E-state index contributed by atoms with van der Waals surface area (Å²) in [6.07, 6.45) is 1.91. The Balaban J connectivity index is 1.55. The van der Waals surface area contributed by atoms with Gasteiger partial charge in [0.2, 0.25) is 0 Å². The van der Waals surface area contributed by atoms with Crippen molar-refractivity contribution in [3.8, 4) is 0 Å². The van der Waals surface area contributed by atoms with E-state index in [1.165, 1.54) is 0 Å². The highest BCUT2D eigenvalue weighted by Gasteiger charge is 2.47. The molecule has 0 bridgehead atoms. The van der Waals surface area contributed by atoms with Crippen molar-refractivity contribution in [2.75, 3.05) is 19.7 Å². The van der Waals surface area contributed by atoms with Crippen LogP contribution in [0.5, 0.6) is 0 Å². The highest BCUT2D eigenvalue weighted by Crippen LogP contribution is 2.37.